The van der Waals surface area contributed by atoms with Gasteiger partial charge in [-0.3, -0.25) is 0 Å². The van der Waals surface area contributed by atoms with E-state index < -0.39 is 0 Å². The van der Waals surface area contributed by atoms with Crippen LogP contribution in [0.25, 0.3) is 0 Å². The molecule has 0 amide bonds. The topological polar surface area (TPSA) is 35.8 Å². The minimum absolute atomic E-state index is 0.202. The predicted molar refractivity (Wildman–Crippen MR) is 69.4 cm³/mol. The lowest BCUT2D eigenvalue weighted by Gasteiger charge is -2.16. The Morgan fingerprint density at radius 3 is 2.82 bits per heavy atom. The van der Waals surface area contributed by atoms with E-state index in [0.717, 1.165) is 5.92 Å². The maximum absolute atomic E-state index is 8.91. The summed E-state index contributed by atoms with van der Waals surface area (Å²) in [5.41, 5.74) is 1.23. The highest BCUT2D eigenvalue weighted by atomic mass is 15.0. The van der Waals surface area contributed by atoms with Crippen molar-refractivity contribution in [1.29, 1.82) is 5.26 Å². The number of hydrogen-bond acceptors (Lipinski definition) is 2. The molecule has 90 valence electrons. The molecule has 3 unspecified atom stereocenters. The van der Waals surface area contributed by atoms with Crippen molar-refractivity contribution >= 4 is 0 Å². The van der Waals surface area contributed by atoms with Crippen LogP contribution in [0.3, 0.4) is 0 Å². The lowest BCUT2D eigenvalue weighted by Crippen LogP contribution is -2.24. The maximum Gasteiger partial charge on any atom is 0.0641 e. The molecular formula is C15H20N2. The van der Waals surface area contributed by atoms with Crippen molar-refractivity contribution < 1.29 is 0 Å². The fourth-order valence-electron chi connectivity index (χ4n) is 2.45. The third kappa shape index (κ3) is 3.31. The van der Waals surface area contributed by atoms with E-state index in [1.807, 2.05) is 18.2 Å². The van der Waals surface area contributed by atoms with E-state index in [2.05, 4.69) is 30.4 Å². The quantitative estimate of drug-likeness (QED) is 0.809. The van der Waals surface area contributed by atoms with E-state index >= 15 is 0 Å². The Kier molecular flexibility index (Phi) is 4.17. The molecule has 2 rings (SSSR count). The molecule has 0 bridgehead atoms. The number of nitrogens with one attached hydrogen (secondary N) is 1. The second-order valence-corrected chi connectivity index (χ2v) is 4.88. The molecule has 3 atom stereocenters. The van der Waals surface area contributed by atoms with E-state index in [1.54, 1.807) is 0 Å². The summed E-state index contributed by atoms with van der Waals surface area (Å²) in [5, 5.41) is 12.5. The first-order valence-electron chi connectivity index (χ1n) is 6.53. The van der Waals surface area contributed by atoms with Gasteiger partial charge in [-0.2, -0.15) is 5.26 Å². The summed E-state index contributed by atoms with van der Waals surface area (Å²) in [5.74, 6) is 0.838. The van der Waals surface area contributed by atoms with Crippen LogP contribution in [0.4, 0.5) is 0 Å². The van der Waals surface area contributed by atoms with Gasteiger partial charge in [-0.05, 0) is 24.3 Å². The first-order valence-corrected chi connectivity index (χ1v) is 6.53. The first-order chi connectivity index (χ1) is 8.35. The van der Waals surface area contributed by atoms with Crippen LogP contribution >= 0.6 is 0 Å². The van der Waals surface area contributed by atoms with Crippen LogP contribution in [0.2, 0.25) is 0 Å². The van der Waals surface area contributed by atoms with Gasteiger partial charge in [0.05, 0.1) is 12.5 Å². The number of nitriles is 1. The van der Waals surface area contributed by atoms with E-state index in [1.165, 1.54) is 24.8 Å². The highest BCUT2D eigenvalue weighted by Crippen LogP contribution is 2.36. The molecule has 1 aromatic rings. The molecule has 2 heteroatoms. The van der Waals surface area contributed by atoms with Crippen molar-refractivity contribution in [3.05, 3.63) is 35.9 Å². The highest BCUT2D eigenvalue weighted by molar-refractivity contribution is 5.20. The summed E-state index contributed by atoms with van der Waals surface area (Å²) >= 11 is 0. The van der Waals surface area contributed by atoms with Crippen molar-refractivity contribution in [1.82, 2.24) is 5.32 Å². The Morgan fingerprint density at radius 2 is 2.18 bits per heavy atom. The fourth-order valence-corrected chi connectivity index (χ4v) is 2.45. The monoisotopic (exact) mass is 228 g/mol. The smallest absolute Gasteiger partial charge is 0.0641 e. The number of rotatable bonds is 6. The van der Waals surface area contributed by atoms with Gasteiger partial charge in [-0.15, -0.1) is 0 Å². The van der Waals surface area contributed by atoms with Gasteiger partial charge < -0.3 is 5.32 Å². The largest absolute Gasteiger partial charge is 0.306 e. The average molecular weight is 228 g/mol. The Bertz CT molecular complexity index is 380. The van der Waals surface area contributed by atoms with Gasteiger partial charge in [0.15, 0.2) is 0 Å². The molecule has 0 aromatic heterocycles. The summed E-state index contributed by atoms with van der Waals surface area (Å²) in [6, 6.07) is 13.4. The van der Waals surface area contributed by atoms with Crippen molar-refractivity contribution in [2.24, 2.45) is 5.92 Å². The van der Waals surface area contributed by atoms with Crippen LogP contribution in [-0.4, -0.2) is 6.04 Å². The van der Waals surface area contributed by atoms with Crippen LogP contribution in [0, 0.1) is 17.2 Å². The zero-order valence-electron chi connectivity index (χ0n) is 10.4. The molecule has 0 heterocycles. The van der Waals surface area contributed by atoms with Crippen molar-refractivity contribution in [3.63, 3.8) is 0 Å². The van der Waals surface area contributed by atoms with Crippen molar-refractivity contribution in [2.45, 2.75) is 44.7 Å². The number of nitrogens with zero attached hydrogens (tertiary/aromatic N) is 1. The molecule has 1 fully saturated rings. The standard InChI is InChI=1S/C15H20N2/c1-2-6-13-11-15(13)17-14(9-10-16)12-7-4-3-5-8-12/h3-5,7-8,13-15,17H,2,6,9,11H2,1H3. The third-order valence-corrected chi connectivity index (χ3v) is 3.49. The third-order valence-electron chi connectivity index (χ3n) is 3.49. The second kappa shape index (κ2) is 5.84. The van der Waals surface area contributed by atoms with Crippen molar-refractivity contribution in [2.75, 3.05) is 0 Å². The van der Waals surface area contributed by atoms with Gasteiger partial charge in [0.25, 0.3) is 0 Å². The molecule has 1 N–H and O–H groups in total. The molecule has 2 nitrogen and oxygen atoms in total. The number of benzene rings is 1. The molecule has 0 spiro atoms. The summed E-state index contributed by atoms with van der Waals surface area (Å²) in [4.78, 5) is 0. The summed E-state index contributed by atoms with van der Waals surface area (Å²) in [7, 11) is 0. The van der Waals surface area contributed by atoms with E-state index in [4.69, 9.17) is 5.26 Å². The average Bonchev–Trinajstić information content (AvgIpc) is 3.09. The second-order valence-electron chi connectivity index (χ2n) is 4.88. The van der Waals surface area contributed by atoms with Gasteiger partial charge in [0, 0.05) is 12.1 Å². The van der Waals surface area contributed by atoms with Gasteiger partial charge in [-0.1, -0.05) is 43.7 Å². The molecular weight excluding hydrogens is 208 g/mol. The minimum Gasteiger partial charge on any atom is -0.306 e. The van der Waals surface area contributed by atoms with Crippen LogP contribution in [0.1, 0.15) is 44.2 Å². The normalized spacial score (nSPS) is 24.0. The Hall–Kier alpha value is -1.33. The Balaban J connectivity index is 1.93. The molecule has 0 saturated heterocycles. The van der Waals surface area contributed by atoms with Crippen LogP contribution in [0.5, 0.6) is 0 Å². The van der Waals surface area contributed by atoms with Gasteiger partial charge in [-0.25, -0.2) is 0 Å². The molecule has 1 saturated carbocycles. The molecule has 0 radical (unpaired) electrons. The molecule has 1 aliphatic carbocycles. The van der Waals surface area contributed by atoms with Gasteiger partial charge in [0.2, 0.25) is 0 Å². The number of hydrogen-bond donors (Lipinski definition) is 1. The van der Waals surface area contributed by atoms with Gasteiger partial charge in [0.1, 0.15) is 0 Å². The minimum atomic E-state index is 0.202. The van der Waals surface area contributed by atoms with Crippen LogP contribution in [-0.2, 0) is 0 Å². The summed E-state index contributed by atoms with van der Waals surface area (Å²) in [6.45, 7) is 2.24. The lowest BCUT2D eigenvalue weighted by atomic mass is 10.0. The van der Waals surface area contributed by atoms with Crippen LogP contribution in [0.15, 0.2) is 30.3 Å². The summed E-state index contributed by atoms with van der Waals surface area (Å²) in [6.07, 6.45) is 4.41. The highest BCUT2D eigenvalue weighted by Gasteiger charge is 2.37. The zero-order chi connectivity index (χ0) is 12.1. The van der Waals surface area contributed by atoms with E-state index in [0.29, 0.717) is 12.5 Å². The van der Waals surface area contributed by atoms with E-state index in [9.17, 15) is 0 Å². The van der Waals surface area contributed by atoms with Gasteiger partial charge >= 0.3 is 0 Å². The molecule has 1 aromatic carbocycles. The fraction of sp³-hybridized carbons (Fsp3) is 0.533. The van der Waals surface area contributed by atoms with Crippen LogP contribution < -0.4 is 5.32 Å². The lowest BCUT2D eigenvalue weighted by molar-refractivity contribution is 0.507. The van der Waals surface area contributed by atoms with E-state index in [-0.39, 0.29) is 6.04 Å². The molecule has 1 aliphatic rings. The zero-order valence-corrected chi connectivity index (χ0v) is 10.4. The summed E-state index contributed by atoms with van der Waals surface area (Å²) < 4.78 is 0. The predicted octanol–water partition coefficient (Wildman–Crippen LogP) is 3.42. The SMILES string of the molecule is CCCC1CC1NC(CC#N)c1ccccc1. The Morgan fingerprint density at radius 1 is 1.41 bits per heavy atom. The molecule has 0 aliphatic heterocycles. The maximum atomic E-state index is 8.91. The first kappa shape index (κ1) is 12.1. The Labute approximate surface area is 104 Å². The van der Waals surface area contributed by atoms with Crippen molar-refractivity contribution in [3.8, 4) is 6.07 Å². The molecule has 17 heavy (non-hydrogen) atoms.